The minimum absolute atomic E-state index is 0.0789. The molecule has 0 heterocycles. The zero-order chi connectivity index (χ0) is 21.0. The van der Waals surface area contributed by atoms with Crippen molar-refractivity contribution in [2.24, 2.45) is 34.5 Å². The summed E-state index contributed by atoms with van der Waals surface area (Å²) in [4.78, 5) is 12.4. The van der Waals surface area contributed by atoms with E-state index in [1.807, 2.05) is 6.08 Å². The van der Waals surface area contributed by atoms with Crippen molar-refractivity contribution in [3.63, 3.8) is 0 Å². The summed E-state index contributed by atoms with van der Waals surface area (Å²) >= 11 is 0. The highest BCUT2D eigenvalue weighted by Gasteiger charge is 2.62. The van der Waals surface area contributed by atoms with Gasteiger partial charge in [0.25, 0.3) is 0 Å². The molecule has 2 unspecified atom stereocenters. The molecule has 2 nitrogen and oxygen atoms in total. The van der Waals surface area contributed by atoms with Crippen molar-refractivity contribution >= 4 is 5.78 Å². The smallest absolute Gasteiger partial charge is 0.185 e. The quantitative estimate of drug-likeness (QED) is 0.383. The van der Waals surface area contributed by atoms with Crippen molar-refractivity contribution in [1.82, 2.24) is 0 Å². The van der Waals surface area contributed by atoms with Crippen molar-refractivity contribution in [3.05, 3.63) is 36.0 Å². The van der Waals surface area contributed by atoms with Crippen LogP contribution in [0.15, 0.2) is 36.0 Å². The van der Waals surface area contributed by atoms with Crippen molar-refractivity contribution in [2.75, 3.05) is 6.61 Å². The van der Waals surface area contributed by atoms with Gasteiger partial charge in [-0.3, -0.25) is 4.79 Å². The zero-order valence-corrected chi connectivity index (χ0v) is 19.1. The molecule has 0 saturated heterocycles. The summed E-state index contributed by atoms with van der Waals surface area (Å²) in [6.07, 6.45) is 12.0. The summed E-state index contributed by atoms with van der Waals surface area (Å²) in [6.45, 7) is 19.0. The first-order valence-electron chi connectivity index (χ1n) is 12.0. The molecule has 4 aliphatic rings. The van der Waals surface area contributed by atoms with Crippen molar-refractivity contribution < 1.29 is 9.53 Å². The highest BCUT2D eigenvalue weighted by molar-refractivity contribution is 6.09. The fraction of sp³-hybridized carbons (Fsp3) is 0.741. The molecule has 0 amide bonds. The summed E-state index contributed by atoms with van der Waals surface area (Å²) in [5, 5.41) is 0. The van der Waals surface area contributed by atoms with Gasteiger partial charge in [-0.15, -0.1) is 0 Å². The molecule has 0 aliphatic heterocycles. The second kappa shape index (κ2) is 7.52. The van der Waals surface area contributed by atoms with Crippen LogP contribution in [0.2, 0.25) is 0 Å². The predicted molar refractivity (Wildman–Crippen MR) is 120 cm³/mol. The molecule has 2 heteroatoms. The van der Waals surface area contributed by atoms with E-state index < -0.39 is 0 Å². The topological polar surface area (TPSA) is 26.3 Å². The van der Waals surface area contributed by atoms with Gasteiger partial charge in [-0.2, -0.15) is 0 Å². The Hall–Kier alpha value is -1.15. The second-order valence-electron chi connectivity index (χ2n) is 10.9. The van der Waals surface area contributed by atoms with E-state index in [9.17, 15) is 4.79 Å². The van der Waals surface area contributed by atoms with Gasteiger partial charge in [0, 0.05) is 17.6 Å². The van der Waals surface area contributed by atoms with E-state index in [0.717, 1.165) is 24.5 Å². The van der Waals surface area contributed by atoms with Gasteiger partial charge in [0.15, 0.2) is 5.78 Å². The van der Waals surface area contributed by atoms with Crippen LogP contribution in [-0.2, 0) is 9.53 Å². The van der Waals surface area contributed by atoms with Crippen LogP contribution < -0.4 is 0 Å². The molecule has 0 aromatic rings. The normalized spacial score (nSPS) is 44.2. The Morgan fingerprint density at radius 3 is 2.62 bits per heavy atom. The highest BCUT2D eigenvalue weighted by Crippen LogP contribution is 2.67. The second-order valence-corrected chi connectivity index (χ2v) is 10.9. The van der Waals surface area contributed by atoms with Crippen LogP contribution in [0.5, 0.6) is 0 Å². The molecular weight excluding hydrogens is 356 g/mol. The molecule has 0 aromatic carbocycles. The molecule has 0 radical (unpaired) electrons. The standard InChI is InChI=1S/C27H40O2/c1-7-8-9-14-29-24-11-10-21-25-17(2)15-20-16-23(28)18(3)19(4)27(20,6)22(25)12-13-26(21,24)5/h16-17,21-22,24-25H,3-4,7-15H2,1-2,5-6H3/t17?,21-,22+,24?,25-,26-,27-/m0/s1. The van der Waals surface area contributed by atoms with Crippen LogP contribution in [0.3, 0.4) is 0 Å². The SMILES string of the molecule is C=C1C(=C)[C@@]2(C)C(=CC1=O)CC(C)[C@@H]1[C@H]2CC[C@]2(C)C(OCCCCC)CC[C@@H]12. The summed E-state index contributed by atoms with van der Waals surface area (Å²) in [5.41, 5.74) is 3.19. The van der Waals surface area contributed by atoms with E-state index in [1.54, 1.807) is 0 Å². The molecule has 29 heavy (non-hydrogen) atoms. The van der Waals surface area contributed by atoms with Crippen LogP contribution in [0.4, 0.5) is 0 Å². The third-order valence-corrected chi connectivity index (χ3v) is 9.51. The predicted octanol–water partition coefficient (Wildman–Crippen LogP) is 6.67. The first-order valence-corrected chi connectivity index (χ1v) is 12.0. The van der Waals surface area contributed by atoms with Gasteiger partial charge in [0.1, 0.15) is 0 Å². The van der Waals surface area contributed by atoms with Crippen LogP contribution >= 0.6 is 0 Å². The molecule has 0 N–H and O–H groups in total. The van der Waals surface area contributed by atoms with E-state index in [-0.39, 0.29) is 11.2 Å². The lowest BCUT2D eigenvalue weighted by Crippen LogP contribution is -2.54. The Kier molecular flexibility index (Phi) is 5.47. The lowest BCUT2D eigenvalue weighted by atomic mass is 9.44. The van der Waals surface area contributed by atoms with Gasteiger partial charge in [-0.1, -0.05) is 59.3 Å². The number of fused-ring (bicyclic) bond motifs is 5. The minimum Gasteiger partial charge on any atom is -0.378 e. The number of rotatable bonds is 5. The molecule has 3 saturated carbocycles. The van der Waals surface area contributed by atoms with E-state index in [2.05, 4.69) is 40.9 Å². The Labute approximate surface area is 177 Å². The first kappa shape index (κ1) is 21.1. The molecule has 3 fully saturated rings. The molecule has 0 spiro atoms. The average molecular weight is 397 g/mol. The van der Waals surface area contributed by atoms with E-state index in [1.165, 1.54) is 50.5 Å². The fourth-order valence-corrected chi connectivity index (χ4v) is 7.73. The van der Waals surface area contributed by atoms with E-state index in [0.29, 0.717) is 34.8 Å². The van der Waals surface area contributed by atoms with Gasteiger partial charge in [0.05, 0.1) is 6.10 Å². The Morgan fingerprint density at radius 1 is 1.14 bits per heavy atom. The van der Waals surface area contributed by atoms with Gasteiger partial charge in [-0.05, 0) is 79.3 Å². The zero-order valence-electron chi connectivity index (χ0n) is 19.1. The maximum atomic E-state index is 12.4. The van der Waals surface area contributed by atoms with Crippen molar-refractivity contribution in [2.45, 2.75) is 85.2 Å². The van der Waals surface area contributed by atoms with Gasteiger partial charge in [-0.25, -0.2) is 0 Å². The number of carbonyl (C=O) groups excluding carboxylic acids is 1. The van der Waals surface area contributed by atoms with Gasteiger partial charge < -0.3 is 4.74 Å². The number of carbonyl (C=O) groups is 1. The monoisotopic (exact) mass is 396 g/mol. The summed E-state index contributed by atoms with van der Waals surface area (Å²) in [5.74, 6) is 2.69. The maximum Gasteiger partial charge on any atom is 0.185 e. The molecule has 7 atom stereocenters. The Balaban J connectivity index is 1.61. The molecular formula is C27H40O2. The number of ether oxygens (including phenoxy) is 1. The van der Waals surface area contributed by atoms with Gasteiger partial charge in [0.2, 0.25) is 0 Å². The summed E-state index contributed by atoms with van der Waals surface area (Å²) in [7, 11) is 0. The molecule has 0 bridgehead atoms. The number of ketones is 1. The number of allylic oxidation sites excluding steroid dienone is 3. The van der Waals surface area contributed by atoms with Gasteiger partial charge >= 0.3 is 0 Å². The van der Waals surface area contributed by atoms with E-state index >= 15 is 0 Å². The lowest BCUT2D eigenvalue weighted by molar-refractivity contribution is -0.114. The average Bonchev–Trinajstić information content (AvgIpc) is 3.02. The Morgan fingerprint density at radius 2 is 1.90 bits per heavy atom. The number of hydrogen-bond donors (Lipinski definition) is 0. The van der Waals surface area contributed by atoms with Crippen LogP contribution in [-0.4, -0.2) is 18.5 Å². The molecule has 160 valence electrons. The largest absolute Gasteiger partial charge is 0.378 e. The van der Waals surface area contributed by atoms with Crippen LogP contribution in [0, 0.1) is 34.5 Å². The summed E-state index contributed by atoms with van der Waals surface area (Å²) in [6, 6.07) is 0. The molecule has 0 aromatic heterocycles. The Bertz CT molecular complexity index is 746. The number of unbranched alkanes of at least 4 members (excludes halogenated alkanes) is 2. The van der Waals surface area contributed by atoms with Crippen LogP contribution in [0.25, 0.3) is 0 Å². The fourth-order valence-electron chi connectivity index (χ4n) is 7.73. The molecule has 4 rings (SSSR count). The van der Waals surface area contributed by atoms with E-state index in [4.69, 9.17) is 4.74 Å². The van der Waals surface area contributed by atoms with Crippen molar-refractivity contribution in [3.8, 4) is 0 Å². The highest BCUT2D eigenvalue weighted by atomic mass is 16.5. The van der Waals surface area contributed by atoms with Crippen LogP contribution in [0.1, 0.15) is 79.1 Å². The van der Waals surface area contributed by atoms with Crippen molar-refractivity contribution in [1.29, 1.82) is 0 Å². The third kappa shape index (κ3) is 3.04. The summed E-state index contributed by atoms with van der Waals surface area (Å²) < 4.78 is 6.49. The third-order valence-electron chi connectivity index (χ3n) is 9.51. The maximum absolute atomic E-state index is 12.4. The number of hydrogen-bond acceptors (Lipinski definition) is 2. The minimum atomic E-state index is -0.0798. The first-order chi connectivity index (χ1) is 13.7. The molecule has 4 aliphatic carbocycles. The lowest BCUT2D eigenvalue weighted by Gasteiger charge is -2.60.